The number of nitrogens with one attached hydrogen (secondary N) is 2. The number of carbonyl (C=O) groups is 3. The minimum Gasteiger partial charge on any atom is -0.446 e. The summed E-state index contributed by atoms with van der Waals surface area (Å²) in [4.78, 5) is 52.8. The Balaban J connectivity index is 1.61. The molecule has 15 heteroatoms. The first-order valence-electron chi connectivity index (χ1n) is 11.5. The van der Waals surface area contributed by atoms with Gasteiger partial charge in [-0.15, -0.1) is 4.91 Å². The summed E-state index contributed by atoms with van der Waals surface area (Å²) in [5, 5.41) is 21.6. The van der Waals surface area contributed by atoms with Gasteiger partial charge in [0.15, 0.2) is 17.7 Å². The summed E-state index contributed by atoms with van der Waals surface area (Å²) >= 11 is 0. The van der Waals surface area contributed by atoms with Gasteiger partial charge in [0.25, 0.3) is 0 Å². The van der Waals surface area contributed by atoms with Crippen molar-refractivity contribution in [2.75, 3.05) is 29.5 Å². The molecule has 2 aromatic rings. The Bertz CT molecular complexity index is 1440. The van der Waals surface area contributed by atoms with Crippen molar-refractivity contribution >= 4 is 40.5 Å². The van der Waals surface area contributed by atoms with E-state index in [2.05, 4.69) is 21.0 Å². The maximum Gasteiger partial charge on any atom is 0.416 e. The highest BCUT2D eigenvalue weighted by Crippen LogP contribution is 2.55. The number of nitrogens with zero attached hydrogens (tertiary/aromatic N) is 5. The number of halogens is 1. The molecule has 4 aliphatic heterocycles. The van der Waals surface area contributed by atoms with Crippen molar-refractivity contribution in [1.29, 1.82) is 5.26 Å². The molecule has 2 N–H and O–H groups in total. The number of ether oxygens (including phenoxy) is 2. The molecule has 6 rings (SSSR count). The van der Waals surface area contributed by atoms with E-state index in [1.807, 2.05) is 6.07 Å². The zero-order chi connectivity index (χ0) is 26.3. The van der Waals surface area contributed by atoms with Gasteiger partial charge >= 0.3 is 12.1 Å². The van der Waals surface area contributed by atoms with Crippen molar-refractivity contribution in [2.45, 2.75) is 44.2 Å². The number of fused-ring (bicyclic) bond motifs is 5. The summed E-state index contributed by atoms with van der Waals surface area (Å²) in [6, 6.07) is 1.70. The Hall–Kier alpha value is -4.32. The summed E-state index contributed by atoms with van der Waals surface area (Å²) in [6.07, 6.45) is -2.47. The van der Waals surface area contributed by atoms with E-state index in [1.165, 1.54) is 11.0 Å². The summed E-state index contributed by atoms with van der Waals surface area (Å²) in [6.45, 7) is 2.86. The van der Waals surface area contributed by atoms with Crippen LogP contribution in [0.15, 0.2) is 15.8 Å². The average molecular weight is 513 g/mol. The third-order valence-corrected chi connectivity index (χ3v) is 7.66. The molecule has 37 heavy (non-hydrogen) atoms. The van der Waals surface area contributed by atoms with E-state index >= 15 is 4.39 Å². The van der Waals surface area contributed by atoms with E-state index < -0.39 is 53.2 Å². The number of hydrogen-bond donors (Lipinski definition) is 2. The Morgan fingerprint density at radius 3 is 2.81 bits per heavy atom. The number of morpholine rings is 1. The van der Waals surface area contributed by atoms with E-state index in [4.69, 9.17) is 14.0 Å². The first-order chi connectivity index (χ1) is 17.7. The van der Waals surface area contributed by atoms with Gasteiger partial charge < -0.3 is 24.2 Å². The van der Waals surface area contributed by atoms with Crippen LogP contribution in [0.2, 0.25) is 0 Å². The van der Waals surface area contributed by atoms with Crippen molar-refractivity contribution in [2.24, 2.45) is 10.6 Å². The van der Waals surface area contributed by atoms with Crippen LogP contribution in [-0.4, -0.2) is 66.8 Å². The number of nitroso groups, excluding NO2 is 1. The summed E-state index contributed by atoms with van der Waals surface area (Å²) < 4.78 is 32.4. The lowest BCUT2D eigenvalue weighted by Gasteiger charge is -2.60. The highest BCUT2D eigenvalue weighted by Gasteiger charge is 2.70. The van der Waals surface area contributed by atoms with Crippen LogP contribution in [0.1, 0.15) is 19.4 Å². The number of rotatable bonds is 2. The maximum absolute atomic E-state index is 16.2. The summed E-state index contributed by atoms with van der Waals surface area (Å²) in [5.74, 6) is -1.75. The second-order valence-corrected chi connectivity index (χ2v) is 9.59. The summed E-state index contributed by atoms with van der Waals surface area (Å²) in [5.41, 5.74) is -3.61. The van der Waals surface area contributed by atoms with Crippen LogP contribution in [0.25, 0.3) is 11.0 Å². The lowest BCUT2D eigenvalue weighted by Crippen LogP contribution is -2.79. The third-order valence-electron chi connectivity index (χ3n) is 7.66. The Kier molecular flexibility index (Phi) is 4.74. The van der Waals surface area contributed by atoms with Crippen LogP contribution >= 0.6 is 0 Å². The van der Waals surface area contributed by atoms with Gasteiger partial charge in [-0.3, -0.25) is 10.1 Å². The standard InChI is InChI=1S/C22H20FN7O7/c1-9-6-29-15-11(4-21(8-25-19(32)26-18(21)31)22(29,28-34)10(2)36-9)3-13-16(14(15)23)37-27-17(13)30-12(5-24)7-35-20(30)33/h3,9-10,12H,4,6-8H2,1-2H3,(H2,25,26,31,32). The minimum atomic E-state index is -1.91. The molecule has 0 saturated carbocycles. The number of anilines is 2. The predicted molar refractivity (Wildman–Crippen MR) is 121 cm³/mol. The van der Waals surface area contributed by atoms with Crippen LogP contribution in [0, 0.1) is 27.5 Å². The van der Waals surface area contributed by atoms with Crippen LogP contribution in [0.5, 0.6) is 0 Å². The van der Waals surface area contributed by atoms with E-state index in [0.717, 1.165) is 4.90 Å². The zero-order valence-electron chi connectivity index (χ0n) is 19.6. The molecule has 0 aliphatic carbocycles. The molecule has 5 heterocycles. The van der Waals surface area contributed by atoms with Crippen LogP contribution in [0.3, 0.4) is 0 Å². The first kappa shape index (κ1) is 23.1. The lowest BCUT2D eigenvalue weighted by molar-refractivity contribution is -0.152. The number of hydrogen-bond acceptors (Lipinski definition) is 11. The van der Waals surface area contributed by atoms with Crippen LogP contribution in [0.4, 0.5) is 25.5 Å². The van der Waals surface area contributed by atoms with Gasteiger partial charge in [0, 0.05) is 13.1 Å². The molecular weight excluding hydrogens is 493 g/mol. The van der Waals surface area contributed by atoms with E-state index in [1.54, 1.807) is 13.8 Å². The van der Waals surface area contributed by atoms with Gasteiger partial charge in [-0.2, -0.15) is 5.26 Å². The Morgan fingerprint density at radius 2 is 2.11 bits per heavy atom. The second-order valence-electron chi connectivity index (χ2n) is 9.59. The highest BCUT2D eigenvalue weighted by molar-refractivity contribution is 6.04. The number of amides is 4. The topological polar surface area (TPSA) is 179 Å². The van der Waals surface area contributed by atoms with E-state index in [9.17, 15) is 24.6 Å². The molecule has 0 radical (unpaired) electrons. The molecule has 0 bridgehead atoms. The Labute approximate surface area is 207 Å². The molecule has 5 unspecified atom stereocenters. The van der Waals surface area contributed by atoms with Crippen molar-refractivity contribution in [1.82, 2.24) is 15.8 Å². The molecule has 192 valence electrons. The number of nitriles is 1. The molecule has 4 amide bonds. The number of carbonyl (C=O) groups excluding carboxylic acids is 3. The van der Waals surface area contributed by atoms with Gasteiger partial charge in [0.1, 0.15) is 18.1 Å². The monoisotopic (exact) mass is 513 g/mol. The quantitative estimate of drug-likeness (QED) is 0.555. The maximum atomic E-state index is 16.2. The number of aromatic nitrogens is 1. The van der Waals surface area contributed by atoms with E-state index in [0.29, 0.717) is 5.56 Å². The zero-order valence-corrected chi connectivity index (χ0v) is 19.6. The van der Waals surface area contributed by atoms with Crippen LogP contribution in [-0.2, 0) is 20.7 Å². The second kappa shape index (κ2) is 7.59. The van der Waals surface area contributed by atoms with Crippen molar-refractivity contribution < 1.29 is 32.8 Å². The number of benzene rings is 1. The SMILES string of the molecule is CC1CN2c3c(cc4c(N5C(=O)OCC5C#N)noc4c3F)CC3(CNC(=O)NC3=O)C2(N=O)C(C)O1. The molecule has 1 spiro atoms. The molecular formula is C22H20FN7O7. The smallest absolute Gasteiger partial charge is 0.416 e. The minimum absolute atomic E-state index is 0.00440. The Morgan fingerprint density at radius 1 is 1.32 bits per heavy atom. The largest absolute Gasteiger partial charge is 0.446 e. The molecule has 1 aromatic carbocycles. The fourth-order valence-electron chi connectivity index (χ4n) is 6.11. The van der Waals surface area contributed by atoms with E-state index in [-0.39, 0.29) is 48.6 Å². The van der Waals surface area contributed by atoms with Crippen molar-refractivity contribution in [3.63, 3.8) is 0 Å². The molecule has 14 nitrogen and oxygen atoms in total. The number of imide groups is 1. The molecule has 3 fully saturated rings. The average Bonchev–Trinajstić information content (AvgIpc) is 3.44. The van der Waals surface area contributed by atoms with Gasteiger partial charge in [-0.1, -0.05) is 5.16 Å². The predicted octanol–water partition coefficient (Wildman–Crippen LogP) is 1.27. The molecule has 3 saturated heterocycles. The fourth-order valence-corrected chi connectivity index (χ4v) is 6.11. The lowest BCUT2D eigenvalue weighted by atomic mass is 9.63. The molecule has 1 aromatic heterocycles. The normalized spacial score (nSPS) is 32.9. The highest BCUT2D eigenvalue weighted by atomic mass is 19.1. The molecule has 5 atom stereocenters. The fraction of sp³-hybridized carbons (Fsp3) is 0.500. The molecule has 4 aliphatic rings. The van der Waals surface area contributed by atoms with Gasteiger partial charge in [0.05, 0.1) is 23.2 Å². The number of urea groups is 1. The van der Waals surface area contributed by atoms with Crippen LogP contribution < -0.4 is 20.4 Å². The number of cyclic esters (lactones) is 1. The van der Waals surface area contributed by atoms with Crippen molar-refractivity contribution in [3.8, 4) is 6.07 Å². The summed E-state index contributed by atoms with van der Waals surface area (Å²) in [7, 11) is 0. The third kappa shape index (κ3) is 2.75. The van der Waals surface area contributed by atoms with Gasteiger partial charge in [-0.05, 0) is 37.1 Å². The van der Waals surface area contributed by atoms with Crippen molar-refractivity contribution in [3.05, 3.63) is 22.4 Å². The first-order valence-corrected chi connectivity index (χ1v) is 11.5. The van der Waals surface area contributed by atoms with Gasteiger partial charge in [0.2, 0.25) is 17.2 Å². The van der Waals surface area contributed by atoms with Gasteiger partial charge in [-0.25, -0.2) is 18.9 Å².